The monoisotopic (exact) mass is 250 g/mol. The first-order chi connectivity index (χ1) is 8.76. The molecular weight excluding hydrogens is 236 g/mol. The van der Waals surface area contributed by atoms with Gasteiger partial charge in [0.05, 0.1) is 13.2 Å². The molecule has 0 aliphatic carbocycles. The number of rotatable bonds is 4. The Morgan fingerprint density at radius 2 is 2.28 bits per heavy atom. The van der Waals surface area contributed by atoms with Crippen LogP contribution in [0.4, 0.5) is 10.5 Å². The summed E-state index contributed by atoms with van der Waals surface area (Å²) in [5.74, 6) is 0.505. The molecule has 2 amide bonds. The van der Waals surface area contributed by atoms with E-state index in [1.165, 1.54) is 7.05 Å². The third-order valence-electron chi connectivity index (χ3n) is 2.50. The van der Waals surface area contributed by atoms with E-state index >= 15 is 0 Å². The lowest BCUT2D eigenvalue weighted by molar-refractivity contribution is -0.0794. The molecule has 7 nitrogen and oxygen atoms in total. The molecule has 2 N–H and O–H groups in total. The van der Waals surface area contributed by atoms with Crippen LogP contribution in [0.25, 0.3) is 0 Å². The predicted octanol–water partition coefficient (Wildman–Crippen LogP) is 1.56. The van der Waals surface area contributed by atoms with Crippen molar-refractivity contribution in [3.63, 3.8) is 0 Å². The van der Waals surface area contributed by atoms with E-state index in [-0.39, 0.29) is 6.10 Å². The van der Waals surface area contributed by atoms with Gasteiger partial charge in [-0.3, -0.25) is 0 Å². The molecule has 1 aliphatic heterocycles. The Hall–Kier alpha value is -2.15. The fraction of sp³-hybridized carbons (Fsp3) is 0.364. The highest BCUT2D eigenvalue weighted by molar-refractivity contribution is 5.92. The molecule has 1 fully saturated rings. The highest BCUT2D eigenvalue weighted by Gasteiger charge is 2.24. The zero-order valence-electron chi connectivity index (χ0n) is 9.92. The first kappa shape index (κ1) is 12.3. The molecule has 7 heteroatoms. The molecule has 18 heavy (non-hydrogen) atoms. The highest BCUT2D eigenvalue weighted by Crippen LogP contribution is 2.30. The number of hydrogen-bond acceptors (Lipinski definition) is 5. The molecule has 0 aromatic heterocycles. The quantitative estimate of drug-likeness (QED) is 0.628. The summed E-state index contributed by atoms with van der Waals surface area (Å²) in [6.07, 6.45) is -0.0107. The fourth-order valence-electron chi connectivity index (χ4n) is 1.51. The van der Waals surface area contributed by atoms with Crippen LogP contribution in [-0.4, -0.2) is 32.4 Å². The number of ether oxygens (including phenoxy) is 2. The molecule has 0 bridgehead atoms. The lowest BCUT2D eigenvalue weighted by Crippen LogP contribution is -2.39. The van der Waals surface area contributed by atoms with Gasteiger partial charge in [0.1, 0.15) is 17.5 Å². The Bertz CT molecular complexity index is 448. The summed E-state index contributed by atoms with van der Waals surface area (Å²) in [6.45, 7) is 1.07. The average molecular weight is 250 g/mol. The van der Waals surface area contributed by atoms with Crippen LogP contribution in [0.5, 0.6) is 5.75 Å². The lowest BCUT2D eigenvalue weighted by Gasteiger charge is -2.28. The molecular formula is C11H14N4O3. The van der Waals surface area contributed by atoms with Gasteiger partial charge in [0.2, 0.25) is 0 Å². The van der Waals surface area contributed by atoms with Gasteiger partial charge < -0.3 is 14.8 Å². The Morgan fingerprint density at radius 1 is 1.56 bits per heavy atom. The fourth-order valence-corrected chi connectivity index (χ4v) is 1.51. The number of carbonyl (C=O) groups excluding carboxylic acids is 1. The Labute approximate surface area is 104 Å². The number of nitrogens with one attached hydrogen (secondary N) is 2. The van der Waals surface area contributed by atoms with Crippen LogP contribution in [0.3, 0.4) is 0 Å². The van der Waals surface area contributed by atoms with Crippen molar-refractivity contribution in [3.8, 4) is 5.75 Å². The van der Waals surface area contributed by atoms with E-state index in [1.54, 1.807) is 24.3 Å². The standard InChI is InChI=1S/C11H14N4O3/c1-13-11(16)15(14-12)9-4-2-3-5-10(9)18-8-6-17-7-8/h2-5,8,12H,6-7H2,1H3,(H,13,16). The van der Waals surface area contributed by atoms with E-state index in [4.69, 9.17) is 15.0 Å². The lowest BCUT2D eigenvalue weighted by atomic mass is 10.2. The van der Waals surface area contributed by atoms with Gasteiger partial charge in [-0.1, -0.05) is 17.4 Å². The molecule has 1 aromatic carbocycles. The predicted molar refractivity (Wildman–Crippen MR) is 63.8 cm³/mol. The molecule has 0 spiro atoms. The number of urea groups is 1. The first-order valence-corrected chi connectivity index (χ1v) is 5.49. The van der Waals surface area contributed by atoms with E-state index in [0.717, 1.165) is 5.01 Å². The van der Waals surface area contributed by atoms with Crippen molar-refractivity contribution in [3.05, 3.63) is 24.3 Å². The van der Waals surface area contributed by atoms with Crippen LogP contribution in [-0.2, 0) is 4.74 Å². The molecule has 96 valence electrons. The maximum absolute atomic E-state index is 11.6. The van der Waals surface area contributed by atoms with Crippen molar-refractivity contribution in [2.45, 2.75) is 6.10 Å². The van der Waals surface area contributed by atoms with Crippen molar-refractivity contribution < 1.29 is 14.3 Å². The Balaban J connectivity index is 2.24. The van der Waals surface area contributed by atoms with Crippen LogP contribution in [0, 0.1) is 5.53 Å². The SMILES string of the molecule is CNC(=O)N(N=N)c1ccccc1OC1COC1. The summed E-state index contributed by atoms with van der Waals surface area (Å²) in [7, 11) is 1.48. The van der Waals surface area contributed by atoms with Gasteiger partial charge in [0.15, 0.2) is 0 Å². The molecule has 1 aromatic rings. The van der Waals surface area contributed by atoms with Crippen LogP contribution in [0.15, 0.2) is 29.5 Å². The zero-order valence-corrected chi connectivity index (χ0v) is 9.92. The largest absolute Gasteiger partial charge is 0.483 e. The number of amides is 2. The number of carbonyl (C=O) groups is 1. The summed E-state index contributed by atoms with van der Waals surface area (Å²) in [5.41, 5.74) is 7.51. The van der Waals surface area contributed by atoms with E-state index in [9.17, 15) is 4.79 Å². The molecule has 2 rings (SSSR count). The summed E-state index contributed by atoms with van der Waals surface area (Å²) < 4.78 is 10.7. The number of anilines is 1. The van der Waals surface area contributed by atoms with Crippen molar-refractivity contribution in [1.82, 2.24) is 5.32 Å². The first-order valence-electron chi connectivity index (χ1n) is 5.49. The van der Waals surface area contributed by atoms with Gasteiger partial charge in [0, 0.05) is 7.05 Å². The number of benzene rings is 1. The summed E-state index contributed by atoms with van der Waals surface area (Å²) in [5, 5.41) is 6.56. The smallest absolute Gasteiger partial charge is 0.343 e. The van der Waals surface area contributed by atoms with E-state index in [0.29, 0.717) is 24.7 Å². The summed E-state index contributed by atoms with van der Waals surface area (Å²) in [4.78, 5) is 11.6. The van der Waals surface area contributed by atoms with Gasteiger partial charge in [0.25, 0.3) is 0 Å². The second-order valence-corrected chi connectivity index (χ2v) is 3.71. The number of hydrogen-bond donors (Lipinski definition) is 2. The maximum atomic E-state index is 11.6. The van der Waals surface area contributed by atoms with E-state index in [2.05, 4.69) is 10.5 Å². The van der Waals surface area contributed by atoms with Crippen LogP contribution >= 0.6 is 0 Å². The maximum Gasteiger partial charge on any atom is 0.343 e. The van der Waals surface area contributed by atoms with Crippen LogP contribution < -0.4 is 15.1 Å². The Kier molecular flexibility index (Phi) is 3.73. The van der Waals surface area contributed by atoms with Crippen molar-refractivity contribution in [2.75, 3.05) is 25.3 Å². The topological polar surface area (TPSA) is 87.0 Å². The van der Waals surface area contributed by atoms with Crippen molar-refractivity contribution >= 4 is 11.7 Å². The van der Waals surface area contributed by atoms with Gasteiger partial charge in [-0.15, -0.1) is 0 Å². The minimum Gasteiger partial charge on any atom is -0.483 e. The third-order valence-corrected chi connectivity index (χ3v) is 2.50. The van der Waals surface area contributed by atoms with E-state index < -0.39 is 6.03 Å². The number of nitrogens with zero attached hydrogens (tertiary/aromatic N) is 2. The highest BCUT2D eigenvalue weighted by atomic mass is 16.6. The number of para-hydroxylation sites is 2. The van der Waals surface area contributed by atoms with Crippen molar-refractivity contribution in [1.29, 1.82) is 5.53 Å². The average Bonchev–Trinajstić information content (AvgIpc) is 2.36. The normalized spacial score (nSPS) is 14.5. The van der Waals surface area contributed by atoms with Crippen LogP contribution in [0.1, 0.15) is 0 Å². The van der Waals surface area contributed by atoms with Crippen molar-refractivity contribution in [2.24, 2.45) is 5.22 Å². The minimum atomic E-state index is -0.495. The van der Waals surface area contributed by atoms with Gasteiger partial charge in [-0.05, 0) is 12.1 Å². The third kappa shape index (κ3) is 2.40. The molecule has 0 saturated carbocycles. The molecule has 1 aliphatic rings. The molecule has 1 saturated heterocycles. The zero-order chi connectivity index (χ0) is 13.0. The summed E-state index contributed by atoms with van der Waals surface area (Å²) >= 11 is 0. The summed E-state index contributed by atoms with van der Waals surface area (Å²) in [6, 6.07) is 6.45. The van der Waals surface area contributed by atoms with E-state index in [1.807, 2.05) is 0 Å². The van der Waals surface area contributed by atoms with Gasteiger partial charge in [-0.2, -0.15) is 10.5 Å². The molecule has 0 radical (unpaired) electrons. The molecule has 0 atom stereocenters. The second-order valence-electron chi connectivity index (χ2n) is 3.71. The van der Waals surface area contributed by atoms with Crippen LogP contribution in [0.2, 0.25) is 0 Å². The second kappa shape index (κ2) is 5.46. The molecule has 1 heterocycles. The van der Waals surface area contributed by atoms with Gasteiger partial charge in [-0.25, -0.2) is 4.79 Å². The Morgan fingerprint density at radius 3 is 2.83 bits per heavy atom. The molecule has 0 unspecified atom stereocenters. The minimum absolute atomic E-state index is 0.0107. The van der Waals surface area contributed by atoms with Gasteiger partial charge >= 0.3 is 6.03 Å².